The third-order valence-electron chi connectivity index (χ3n) is 3.56. The van der Waals surface area contributed by atoms with Gasteiger partial charge in [-0.2, -0.15) is 24.9 Å². The van der Waals surface area contributed by atoms with E-state index in [2.05, 4.69) is 10.6 Å². The molecule has 0 radical (unpaired) electrons. The highest BCUT2D eigenvalue weighted by atomic mass is 32.2. The van der Waals surface area contributed by atoms with Crippen LogP contribution in [0.4, 0.5) is 13.2 Å². The Bertz CT molecular complexity index is 750. The first kappa shape index (κ1) is 20.8. The summed E-state index contributed by atoms with van der Waals surface area (Å²) in [7, 11) is 0. The number of hydrogen-bond acceptors (Lipinski definition) is 3. The summed E-state index contributed by atoms with van der Waals surface area (Å²) in [5, 5.41) is 5.07. The molecule has 0 fully saturated rings. The molecule has 0 aromatic heterocycles. The molecule has 8 heteroatoms. The highest BCUT2D eigenvalue weighted by molar-refractivity contribution is 7.98. The van der Waals surface area contributed by atoms with Gasteiger partial charge in [0.1, 0.15) is 0 Å². The van der Waals surface area contributed by atoms with E-state index in [9.17, 15) is 22.8 Å². The summed E-state index contributed by atoms with van der Waals surface area (Å²) in [4.78, 5) is 23.6. The number of hydrogen-bond donors (Lipinski definition) is 2. The van der Waals surface area contributed by atoms with Crippen LogP contribution in [0.25, 0.3) is 0 Å². The average Bonchev–Trinajstić information content (AvgIpc) is 2.66. The van der Waals surface area contributed by atoms with Crippen molar-refractivity contribution >= 4 is 23.6 Å². The first-order valence-electron chi connectivity index (χ1n) is 8.20. The van der Waals surface area contributed by atoms with Crippen molar-refractivity contribution in [3.8, 4) is 0 Å². The van der Waals surface area contributed by atoms with Crippen LogP contribution in [-0.4, -0.2) is 30.7 Å². The molecule has 0 aliphatic heterocycles. The van der Waals surface area contributed by atoms with Gasteiger partial charge in [-0.1, -0.05) is 30.3 Å². The fourth-order valence-electron chi connectivity index (χ4n) is 2.16. The predicted molar refractivity (Wildman–Crippen MR) is 99.4 cm³/mol. The molecule has 0 spiro atoms. The Morgan fingerprint density at radius 1 is 0.926 bits per heavy atom. The number of nitrogens with one attached hydrogen (secondary N) is 2. The number of rotatable bonds is 8. The van der Waals surface area contributed by atoms with Gasteiger partial charge in [0.2, 0.25) is 5.91 Å². The lowest BCUT2D eigenvalue weighted by Crippen LogP contribution is -2.37. The second kappa shape index (κ2) is 10.0. The van der Waals surface area contributed by atoms with Crippen LogP contribution in [0, 0.1) is 0 Å². The van der Waals surface area contributed by atoms with Crippen LogP contribution in [-0.2, 0) is 16.7 Å². The molecular weight excluding hydrogens is 377 g/mol. The summed E-state index contributed by atoms with van der Waals surface area (Å²) < 4.78 is 37.5. The van der Waals surface area contributed by atoms with Crippen LogP contribution in [0.1, 0.15) is 21.5 Å². The molecule has 0 atom stereocenters. The van der Waals surface area contributed by atoms with Crippen molar-refractivity contribution in [1.29, 1.82) is 0 Å². The maximum absolute atomic E-state index is 12.5. The number of benzene rings is 2. The van der Waals surface area contributed by atoms with Gasteiger partial charge >= 0.3 is 6.18 Å². The van der Waals surface area contributed by atoms with Gasteiger partial charge in [-0.3, -0.25) is 9.59 Å². The van der Waals surface area contributed by atoms with Crippen LogP contribution in [0.3, 0.4) is 0 Å². The zero-order valence-electron chi connectivity index (χ0n) is 14.4. The van der Waals surface area contributed by atoms with Gasteiger partial charge in [-0.05, 0) is 29.8 Å². The lowest BCUT2D eigenvalue weighted by atomic mass is 10.1. The maximum Gasteiger partial charge on any atom is 0.416 e. The molecule has 0 saturated carbocycles. The highest BCUT2D eigenvalue weighted by Gasteiger charge is 2.30. The van der Waals surface area contributed by atoms with Crippen molar-refractivity contribution < 1.29 is 22.8 Å². The minimum Gasteiger partial charge on any atom is -0.354 e. The zero-order chi connectivity index (χ0) is 19.7. The third kappa shape index (κ3) is 7.34. The monoisotopic (exact) mass is 396 g/mol. The number of amides is 2. The smallest absolute Gasteiger partial charge is 0.354 e. The summed E-state index contributed by atoms with van der Waals surface area (Å²) in [5.41, 5.74) is 0.441. The zero-order valence-corrected chi connectivity index (χ0v) is 15.2. The van der Waals surface area contributed by atoms with E-state index in [0.717, 1.165) is 35.8 Å². The fraction of sp³-hybridized carbons (Fsp3) is 0.263. The normalized spacial score (nSPS) is 11.1. The van der Waals surface area contributed by atoms with Crippen molar-refractivity contribution in [2.24, 2.45) is 0 Å². The van der Waals surface area contributed by atoms with Crippen LogP contribution in [0.15, 0.2) is 54.6 Å². The Kier molecular flexibility index (Phi) is 7.72. The number of thioether (sulfide) groups is 1. The molecule has 0 saturated heterocycles. The highest BCUT2D eigenvalue weighted by Crippen LogP contribution is 2.29. The summed E-state index contributed by atoms with van der Waals surface area (Å²) in [6, 6.07) is 13.8. The third-order valence-corrected chi connectivity index (χ3v) is 4.59. The molecular formula is C19H19F3N2O2S. The van der Waals surface area contributed by atoms with Crippen molar-refractivity contribution in [2.75, 3.05) is 18.8 Å². The number of alkyl halides is 3. The molecule has 2 rings (SSSR count). The lowest BCUT2D eigenvalue weighted by molar-refractivity contribution is -0.137. The summed E-state index contributed by atoms with van der Waals surface area (Å²) in [5.74, 6) is 0.627. The Balaban J connectivity index is 1.64. The van der Waals surface area contributed by atoms with E-state index in [0.29, 0.717) is 6.54 Å². The van der Waals surface area contributed by atoms with Gasteiger partial charge < -0.3 is 10.6 Å². The summed E-state index contributed by atoms with van der Waals surface area (Å²) in [6.45, 7) is 0.232. The van der Waals surface area contributed by atoms with Crippen molar-refractivity contribution in [3.63, 3.8) is 0 Å². The van der Waals surface area contributed by atoms with E-state index in [1.807, 2.05) is 30.3 Å². The van der Waals surface area contributed by atoms with Crippen molar-refractivity contribution in [1.82, 2.24) is 10.6 Å². The number of carbonyl (C=O) groups excluding carboxylic acids is 2. The van der Waals surface area contributed by atoms with E-state index in [-0.39, 0.29) is 18.0 Å². The maximum atomic E-state index is 12.5. The molecule has 0 unspecified atom stereocenters. The van der Waals surface area contributed by atoms with E-state index in [4.69, 9.17) is 0 Å². The quantitative estimate of drug-likeness (QED) is 0.672. The fourth-order valence-corrected chi connectivity index (χ4v) is 2.98. The van der Waals surface area contributed by atoms with Gasteiger partial charge in [0.15, 0.2) is 0 Å². The first-order chi connectivity index (χ1) is 12.9. The van der Waals surface area contributed by atoms with Gasteiger partial charge in [-0.15, -0.1) is 0 Å². The molecule has 144 valence electrons. The lowest BCUT2D eigenvalue weighted by Gasteiger charge is -2.09. The van der Waals surface area contributed by atoms with Gasteiger partial charge in [0.25, 0.3) is 5.91 Å². The number of halogens is 3. The largest absolute Gasteiger partial charge is 0.416 e. The van der Waals surface area contributed by atoms with Gasteiger partial charge in [0.05, 0.1) is 12.1 Å². The molecule has 0 heterocycles. The van der Waals surface area contributed by atoms with Crippen LogP contribution in [0.2, 0.25) is 0 Å². The molecule has 0 bridgehead atoms. The van der Waals surface area contributed by atoms with Crippen LogP contribution < -0.4 is 10.6 Å². The Morgan fingerprint density at radius 2 is 1.59 bits per heavy atom. The van der Waals surface area contributed by atoms with Crippen molar-refractivity contribution in [3.05, 3.63) is 71.3 Å². The molecule has 27 heavy (non-hydrogen) atoms. The average molecular weight is 396 g/mol. The Labute approximate surface area is 159 Å². The molecule has 2 aromatic rings. The summed E-state index contributed by atoms with van der Waals surface area (Å²) >= 11 is 1.68. The number of carbonyl (C=O) groups is 2. The molecule has 0 aliphatic rings. The standard InChI is InChI=1S/C19H19F3N2O2S/c20-19(21,22)16-8-6-15(7-9-16)18(26)24-12-17(25)23-10-11-27-13-14-4-2-1-3-5-14/h1-9H,10-13H2,(H,23,25)(H,24,26). The van der Waals surface area contributed by atoms with Crippen molar-refractivity contribution in [2.45, 2.75) is 11.9 Å². The SMILES string of the molecule is O=C(CNC(=O)c1ccc(C(F)(F)F)cc1)NCCSCc1ccccc1. The van der Waals surface area contributed by atoms with Crippen LogP contribution in [0.5, 0.6) is 0 Å². The Morgan fingerprint density at radius 3 is 2.22 bits per heavy atom. The van der Waals surface area contributed by atoms with E-state index >= 15 is 0 Å². The topological polar surface area (TPSA) is 58.2 Å². The molecule has 2 amide bonds. The van der Waals surface area contributed by atoms with Gasteiger partial charge in [0, 0.05) is 23.6 Å². The summed E-state index contributed by atoms with van der Waals surface area (Å²) in [6.07, 6.45) is -4.45. The Hall–Kier alpha value is -2.48. The van der Waals surface area contributed by atoms with Crippen LogP contribution >= 0.6 is 11.8 Å². The minimum absolute atomic E-state index is 0.0641. The molecule has 0 aliphatic carbocycles. The van der Waals surface area contributed by atoms with E-state index < -0.39 is 17.6 Å². The molecule has 4 nitrogen and oxygen atoms in total. The van der Waals surface area contributed by atoms with E-state index in [1.165, 1.54) is 5.56 Å². The van der Waals surface area contributed by atoms with E-state index in [1.54, 1.807) is 11.8 Å². The second-order valence-corrected chi connectivity index (χ2v) is 6.75. The predicted octanol–water partition coefficient (Wildman–Crippen LogP) is 3.48. The second-order valence-electron chi connectivity index (χ2n) is 5.65. The first-order valence-corrected chi connectivity index (χ1v) is 9.35. The van der Waals surface area contributed by atoms with Gasteiger partial charge in [-0.25, -0.2) is 0 Å². The molecule has 2 aromatic carbocycles. The molecule has 2 N–H and O–H groups in total. The minimum atomic E-state index is -4.45.